The lowest BCUT2D eigenvalue weighted by Crippen LogP contribution is -2.13. The number of aromatic amines is 1. The van der Waals surface area contributed by atoms with Crippen LogP contribution in [0.4, 0.5) is 5.82 Å². The van der Waals surface area contributed by atoms with Gasteiger partial charge in [0.15, 0.2) is 5.82 Å². The number of carbonyl (C=O) groups excluding carboxylic acids is 1. The van der Waals surface area contributed by atoms with Crippen LogP contribution in [-0.4, -0.2) is 22.4 Å². The molecule has 0 bridgehead atoms. The van der Waals surface area contributed by atoms with Gasteiger partial charge in [0.2, 0.25) is 0 Å². The van der Waals surface area contributed by atoms with Gasteiger partial charge in [-0.2, -0.15) is 5.11 Å². The van der Waals surface area contributed by atoms with E-state index in [0.717, 1.165) is 6.42 Å². The van der Waals surface area contributed by atoms with E-state index in [1.165, 1.54) is 11.9 Å². The normalized spacial score (nSPS) is 10.7. The summed E-state index contributed by atoms with van der Waals surface area (Å²) in [4.78, 5) is 17.5. The Labute approximate surface area is 109 Å². The third-order valence-corrected chi connectivity index (χ3v) is 2.46. The Morgan fingerprint density at radius 1 is 1.37 bits per heavy atom. The minimum Gasteiger partial charge on any atom is -0.364 e. The van der Waals surface area contributed by atoms with Crippen LogP contribution in [0.3, 0.4) is 0 Å². The second-order valence-electron chi connectivity index (χ2n) is 3.80. The summed E-state index contributed by atoms with van der Waals surface area (Å²) in [5.41, 5.74) is 9.09. The van der Waals surface area contributed by atoms with Crippen LogP contribution >= 0.6 is 0 Å². The van der Waals surface area contributed by atoms with E-state index in [2.05, 4.69) is 25.7 Å². The molecule has 0 saturated heterocycles. The third-order valence-electron chi connectivity index (χ3n) is 2.46. The van der Waals surface area contributed by atoms with Crippen LogP contribution in [0, 0.1) is 0 Å². The molecule has 2 rings (SSSR count). The Balaban J connectivity index is 1.81. The molecule has 4 N–H and O–H groups in total. The second-order valence-corrected chi connectivity index (χ2v) is 3.80. The molecule has 0 aliphatic heterocycles. The molecule has 0 unspecified atom stereocenters. The predicted octanol–water partition coefficient (Wildman–Crippen LogP) is 1.53. The fraction of sp³-hybridized carbons (Fsp3) is 0.167. The van der Waals surface area contributed by atoms with Gasteiger partial charge in [-0.25, -0.2) is 10.4 Å². The van der Waals surface area contributed by atoms with Crippen LogP contribution in [0.25, 0.3) is 0 Å². The Bertz CT molecular complexity index is 563. The Morgan fingerprint density at radius 3 is 2.89 bits per heavy atom. The van der Waals surface area contributed by atoms with E-state index in [9.17, 15) is 4.79 Å². The van der Waals surface area contributed by atoms with E-state index in [1.54, 1.807) is 0 Å². The zero-order valence-corrected chi connectivity index (χ0v) is 10.2. The Kier molecular flexibility index (Phi) is 4.22. The molecule has 0 aliphatic rings. The summed E-state index contributed by atoms with van der Waals surface area (Å²) in [6.07, 6.45) is 2.16. The molecule has 0 aliphatic carbocycles. The lowest BCUT2D eigenvalue weighted by Gasteiger charge is -1.97. The SMILES string of the molecule is NC(=O)c1[nH]cnc1NN=NCCc1ccccc1. The zero-order valence-electron chi connectivity index (χ0n) is 10.2. The average Bonchev–Trinajstić information content (AvgIpc) is 2.88. The number of H-pyrrole nitrogens is 1. The van der Waals surface area contributed by atoms with E-state index < -0.39 is 5.91 Å². The highest BCUT2D eigenvalue weighted by Crippen LogP contribution is 2.08. The highest BCUT2D eigenvalue weighted by Gasteiger charge is 2.09. The van der Waals surface area contributed by atoms with E-state index in [4.69, 9.17) is 5.73 Å². The minimum atomic E-state index is -0.598. The van der Waals surface area contributed by atoms with Gasteiger partial charge in [0, 0.05) is 0 Å². The van der Waals surface area contributed by atoms with Gasteiger partial charge in [0.1, 0.15) is 5.69 Å². The fourth-order valence-electron chi connectivity index (χ4n) is 1.52. The summed E-state index contributed by atoms with van der Waals surface area (Å²) in [7, 11) is 0. The van der Waals surface area contributed by atoms with E-state index in [1.807, 2.05) is 30.3 Å². The molecule has 1 heterocycles. The first-order valence-electron chi connectivity index (χ1n) is 5.77. The summed E-state index contributed by atoms with van der Waals surface area (Å²) in [6, 6.07) is 9.99. The lowest BCUT2D eigenvalue weighted by molar-refractivity contribution is 0.0997. The van der Waals surface area contributed by atoms with Crippen LogP contribution < -0.4 is 11.2 Å². The number of amides is 1. The number of primary amides is 1. The largest absolute Gasteiger partial charge is 0.364 e. The number of rotatable bonds is 6. The summed E-state index contributed by atoms with van der Waals surface area (Å²) < 4.78 is 0. The molecule has 0 atom stereocenters. The quantitative estimate of drug-likeness (QED) is 0.540. The van der Waals surface area contributed by atoms with Crippen LogP contribution in [0.2, 0.25) is 0 Å². The van der Waals surface area contributed by atoms with Crippen molar-refractivity contribution < 1.29 is 4.79 Å². The number of hydrogen-bond donors (Lipinski definition) is 3. The molecule has 0 saturated carbocycles. The molecule has 0 radical (unpaired) electrons. The average molecular weight is 258 g/mol. The summed E-state index contributed by atoms with van der Waals surface area (Å²) in [6.45, 7) is 0.549. The van der Waals surface area contributed by atoms with Crippen molar-refractivity contribution in [3.05, 3.63) is 47.9 Å². The van der Waals surface area contributed by atoms with Crippen LogP contribution in [0.1, 0.15) is 16.1 Å². The standard InChI is InChI=1S/C12H14N6O/c13-11(19)10-12(15-8-14-10)17-18-16-7-6-9-4-2-1-3-5-9/h1-5,8H,6-7H2,(H2,13,19)(H,14,15)(H,16,17). The van der Waals surface area contributed by atoms with Crippen molar-refractivity contribution in [3.8, 4) is 0 Å². The number of imidazole rings is 1. The maximum atomic E-state index is 11.0. The molecule has 0 fully saturated rings. The molecule has 7 nitrogen and oxygen atoms in total. The molecular weight excluding hydrogens is 244 g/mol. The fourth-order valence-corrected chi connectivity index (χ4v) is 1.52. The maximum absolute atomic E-state index is 11.0. The first kappa shape index (κ1) is 12.7. The van der Waals surface area contributed by atoms with Gasteiger partial charge in [0.25, 0.3) is 5.91 Å². The van der Waals surface area contributed by atoms with Crippen molar-refractivity contribution in [2.24, 2.45) is 16.1 Å². The molecule has 1 amide bonds. The highest BCUT2D eigenvalue weighted by atomic mass is 16.1. The van der Waals surface area contributed by atoms with Crippen molar-refractivity contribution >= 4 is 11.7 Å². The number of nitrogens with two attached hydrogens (primary N) is 1. The van der Waals surface area contributed by atoms with Crippen molar-refractivity contribution in [1.82, 2.24) is 9.97 Å². The van der Waals surface area contributed by atoms with Crippen LogP contribution in [0.5, 0.6) is 0 Å². The van der Waals surface area contributed by atoms with Gasteiger partial charge >= 0.3 is 0 Å². The summed E-state index contributed by atoms with van der Waals surface area (Å²) in [5, 5.41) is 7.71. The van der Waals surface area contributed by atoms with Gasteiger partial charge in [-0.05, 0) is 12.0 Å². The monoisotopic (exact) mass is 258 g/mol. The van der Waals surface area contributed by atoms with Gasteiger partial charge in [-0.1, -0.05) is 35.6 Å². The van der Waals surface area contributed by atoms with E-state index in [0.29, 0.717) is 6.54 Å². The Hall–Kier alpha value is -2.70. The molecule has 1 aromatic carbocycles. The molecule has 1 aromatic heterocycles. The molecule has 98 valence electrons. The van der Waals surface area contributed by atoms with Gasteiger partial charge in [-0.3, -0.25) is 4.79 Å². The number of carbonyl (C=O) groups is 1. The van der Waals surface area contributed by atoms with Gasteiger partial charge < -0.3 is 10.7 Å². The number of nitrogens with one attached hydrogen (secondary N) is 2. The summed E-state index contributed by atoms with van der Waals surface area (Å²) in [5.74, 6) is -0.324. The number of hydrogen-bond acceptors (Lipinski definition) is 4. The number of anilines is 1. The maximum Gasteiger partial charge on any atom is 0.269 e. The van der Waals surface area contributed by atoms with Crippen molar-refractivity contribution in [2.75, 3.05) is 12.0 Å². The van der Waals surface area contributed by atoms with Gasteiger partial charge in [-0.15, -0.1) is 0 Å². The topological polar surface area (TPSA) is 109 Å². The number of benzene rings is 1. The first-order valence-corrected chi connectivity index (χ1v) is 5.77. The molecule has 0 spiro atoms. The summed E-state index contributed by atoms with van der Waals surface area (Å²) >= 11 is 0. The predicted molar refractivity (Wildman–Crippen MR) is 70.6 cm³/mol. The van der Waals surface area contributed by atoms with E-state index >= 15 is 0 Å². The minimum absolute atomic E-state index is 0.182. The number of nitrogens with zero attached hydrogens (tertiary/aromatic N) is 3. The lowest BCUT2D eigenvalue weighted by atomic mass is 10.2. The third kappa shape index (κ3) is 3.63. The first-order chi connectivity index (χ1) is 9.27. The van der Waals surface area contributed by atoms with Crippen molar-refractivity contribution in [1.29, 1.82) is 0 Å². The Morgan fingerprint density at radius 2 is 2.16 bits per heavy atom. The highest BCUT2D eigenvalue weighted by molar-refractivity contribution is 5.95. The molecule has 19 heavy (non-hydrogen) atoms. The number of aromatic nitrogens is 2. The molecule has 7 heteroatoms. The zero-order chi connectivity index (χ0) is 13.5. The van der Waals surface area contributed by atoms with Crippen LogP contribution in [-0.2, 0) is 6.42 Å². The van der Waals surface area contributed by atoms with Gasteiger partial charge in [0.05, 0.1) is 12.9 Å². The van der Waals surface area contributed by atoms with Crippen LogP contribution in [0.15, 0.2) is 47.0 Å². The van der Waals surface area contributed by atoms with E-state index in [-0.39, 0.29) is 11.5 Å². The molecule has 2 aromatic rings. The smallest absolute Gasteiger partial charge is 0.269 e. The second kappa shape index (κ2) is 6.29. The van der Waals surface area contributed by atoms with Crippen molar-refractivity contribution in [2.45, 2.75) is 6.42 Å². The van der Waals surface area contributed by atoms with Crippen molar-refractivity contribution in [3.63, 3.8) is 0 Å². The molecular formula is C12H14N6O.